The highest BCUT2D eigenvalue weighted by atomic mass is 16.3. The molecule has 0 saturated carbocycles. The van der Waals surface area contributed by atoms with Gasteiger partial charge in [0, 0.05) is 27.5 Å². The molecule has 12 aromatic rings. The fourth-order valence-electron chi connectivity index (χ4n) is 10.8. The standard InChI is InChI=1S/C63H41NO/c1-3-17-48(18-4-1)63(49-19-5-2-6-20-49)57-24-12-11-23-54(57)55-37-36-51(41-58(55)63)64(59-25-13-16-45-14-7-9-21-52(45)59)50-34-30-43(31-35-50)42-26-28-44(29-27-42)47-33-38-60-56(40-47)62-53-22-10-8-15-46(53)32-39-61(62)65-60/h1-41H. The molecule has 0 amide bonds. The molecule has 1 aliphatic rings. The zero-order valence-corrected chi connectivity index (χ0v) is 35.5. The van der Waals surface area contributed by atoms with Crippen molar-refractivity contribution in [1.29, 1.82) is 0 Å². The summed E-state index contributed by atoms with van der Waals surface area (Å²) in [4.78, 5) is 2.44. The van der Waals surface area contributed by atoms with Gasteiger partial charge in [-0.2, -0.15) is 0 Å². The average molecular weight is 828 g/mol. The van der Waals surface area contributed by atoms with E-state index in [2.05, 4.69) is 254 Å². The molecule has 2 heteroatoms. The van der Waals surface area contributed by atoms with Gasteiger partial charge in [-0.3, -0.25) is 0 Å². The lowest BCUT2D eigenvalue weighted by atomic mass is 9.67. The highest BCUT2D eigenvalue weighted by molar-refractivity contribution is 6.19. The summed E-state index contributed by atoms with van der Waals surface area (Å²) in [6, 6.07) is 90.9. The fourth-order valence-corrected chi connectivity index (χ4v) is 10.8. The van der Waals surface area contributed by atoms with Crippen molar-refractivity contribution in [2.45, 2.75) is 5.41 Å². The first-order chi connectivity index (χ1) is 32.2. The summed E-state index contributed by atoms with van der Waals surface area (Å²) in [6.07, 6.45) is 0. The van der Waals surface area contributed by atoms with Gasteiger partial charge in [0.15, 0.2) is 0 Å². The third-order valence-electron chi connectivity index (χ3n) is 13.7. The molecular formula is C63H41NO. The highest BCUT2D eigenvalue weighted by Crippen LogP contribution is 2.57. The predicted molar refractivity (Wildman–Crippen MR) is 272 cm³/mol. The van der Waals surface area contributed by atoms with Crippen LogP contribution in [0.1, 0.15) is 22.3 Å². The number of benzene rings is 11. The third-order valence-corrected chi connectivity index (χ3v) is 13.7. The maximum Gasteiger partial charge on any atom is 0.136 e. The average Bonchev–Trinajstić information content (AvgIpc) is 3.91. The molecule has 0 atom stereocenters. The molecule has 0 aliphatic heterocycles. The molecule has 0 radical (unpaired) electrons. The van der Waals surface area contributed by atoms with Crippen LogP contribution in [0, 0.1) is 0 Å². The molecule has 11 aromatic carbocycles. The van der Waals surface area contributed by atoms with Gasteiger partial charge in [0.2, 0.25) is 0 Å². The normalized spacial score (nSPS) is 12.7. The van der Waals surface area contributed by atoms with E-state index in [0.29, 0.717) is 0 Å². The number of fused-ring (bicyclic) bond motifs is 9. The minimum absolute atomic E-state index is 0.503. The van der Waals surface area contributed by atoms with E-state index in [1.54, 1.807) is 0 Å². The van der Waals surface area contributed by atoms with Crippen LogP contribution in [0.5, 0.6) is 0 Å². The van der Waals surface area contributed by atoms with Gasteiger partial charge in [-0.05, 0) is 120 Å². The van der Waals surface area contributed by atoms with Gasteiger partial charge in [-0.15, -0.1) is 0 Å². The Kier molecular flexibility index (Phi) is 8.47. The summed E-state index contributed by atoms with van der Waals surface area (Å²) in [6.45, 7) is 0. The van der Waals surface area contributed by atoms with E-state index in [1.807, 2.05) is 0 Å². The van der Waals surface area contributed by atoms with E-state index in [-0.39, 0.29) is 0 Å². The van der Waals surface area contributed by atoms with Crippen LogP contribution in [-0.4, -0.2) is 0 Å². The molecule has 0 saturated heterocycles. The van der Waals surface area contributed by atoms with Crippen LogP contribution >= 0.6 is 0 Å². The van der Waals surface area contributed by atoms with Gasteiger partial charge in [0.1, 0.15) is 11.2 Å². The number of nitrogens with zero attached hydrogens (tertiary/aromatic N) is 1. The second-order valence-electron chi connectivity index (χ2n) is 17.2. The number of anilines is 3. The molecule has 304 valence electrons. The van der Waals surface area contributed by atoms with Crippen molar-refractivity contribution < 1.29 is 4.42 Å². The molecule has 0 spiro atoms. The van der Waals surface area contributed by atoms with Crippen LogP contribution in [0.25, 0.3) is 76.9 Å². The van der Waals surface area contributed by atoms with Crippen molar-refractivity contribution in [2.75, 3.05) is 4.90 Å². The Morgan fingerprint density at radius 1 is 0.323 bits per heavy atom. The van der Waals surface area contributed by atoms with Crippen molar-refractivity contribution in [2.24, 2.45) is 0 Å². The largest absolute Gasteiger partial charge is 0.456 e. The van der Waals surface area contributed by atoms with E-state index in [1.165, 1.54) is 77.0 Å². The number of rotatable bonds is 7. The molecule has 0 fully saturated rings. The summed E-state index contributed by atoms with van der Waals surface area (Å²) in [5.74, 6) is 0. The minimum Gasteiger partial charge on any atom is -0.456 e. The maximum absolute atomic E-state index is 6.31. The van der Waals surface area contributed by atoms with E-state index in [4.69, 9.17) is 4.42 Å². The van der Waals surface area contributed by atoms with Gasteiger partial charge in [0.25, 0.3) is 0 Å². The topological polar surface area (TPSA) is 16.4 Å². The van der Waals surface area contributed by atoms with Crippen LogP contribution in [0.3, 0.4) is 0 Å². The van der Waals surface area contributed by atoms with Gasteiger partial charge in [-0.1, -0.05) is 200 Å². The molecule has 0 unspecified atom stereocenters. The maximum atomic E-state index is 6.31. The lowest BCUT2D eigenvalue weighted by Crippen LogP contribution is -2.28. The van der Waals surface area contributed by atoms with E-state index in [9.17, 15) is 0 Å². The molecule has 0 N–H and O–H groups in total. The summed E-state index contributed by atoms with van der Waals surface area (Å²) in [5, 5.41) is 7.15. The molecule has 0 bridgehead atoms. The van der Waals surface area contributed by atoms with Crippen LogP contribution < -0.4 is 4.90 Å². The van der Waals surface area contributed by atoms with E-state index < -0.39 is 5.41 Å². The summed E-state index contributed by atoms with van der Waals surface area (Å²) in [5.41, 5.74) is 17.0. The molecule has 65 heavy (non-hydrogen) atoms. The third kappa shape index (κ3) is 5.81. The number of hydrogen-bond donors (Lipinski definition) is 0. The second-order valence-corrected chi connectivity index (χ2v) is 17.2. The Balaban J connectivity index is 0.918. The van der Waals surface area contributed by atoms with Crippen molar-refractivity contribution in [3.8, 4) is 33.4 Å². The predicted octanol–water partition coefficient (Wildman–Crippen LogP) is 17.1. The van der Waals surface area contributed by atoms with Gasteiger partial charge in [-0.25, -0.2) is 0 Å². The van der Waals surface area contributed by atoms with Crippen molar-refractivity contribution in [3.63, 3.8) is 0 Å². The molecule has 1 aliphatic carbocycles. The quantitative estimate of drug-likeness (QED) is 0.159. The van der Waals surface area contributed by atoms with Crippen molar-refractivity contribution in [1.82, 2.24) is 0 Å². The Labute approximate surface area is 377 Å². The Bertz CT molecular complexity index is 3710. The van der Waals surface area contributed by atoms with Gasteiger partial charge < -0.3 is 9.32 Å². The first kappa shape index (κ1) is 37.1. The smallest absolute Gasteiger partial charge is 0.136 e. The number of hydrogen-bond acceptors (Lipinski definition) is 2. The monoisotopic (exact) mass is 827 g/mol. The molecular weight excluding hydrogens is 787 g/mol. The van der Waals surface area contributed by atoms with Crippen molar-refractivity contribution >= 4 is 60.5 Å². The zero-order valence-electron chi connectivity index (χ0n) is 35.5. The molecule has 1 aromatic heterocycles. The van der Waals surface area contributed by atoms with Crippen molar-refractivity contribution in [3.05, 3.63) is 271 Å². The molecule has 13 rings (SSSR count). The molecule has 1 heterocycles. The number of furan rings is 1. The highest BCUT2D eigenvalue weighted by Gasteiger charge is 2.46. The lowest BCUT2D eigenvalue weighted by molar-refractivity contribution is 0.669. The Morgan fingerprint density at radius 2 is 0.862 bits per heavy atom. The molecule has 2 nitrogen and oxygen atoms in total. The van der Waals surface area contributed by atoms with Crippen LogP contribution in [-0.2, 0) is 5.41 Å². The minimum atomic E-state index is -0.503. The second kappa shape index (κ2) is 14.8. The van der Waals surface area contributed by atoms with E-state index >= 15 is 0 Å². The lowest BCUT2D eigenvalue weighted by Gasteiger charge is -2.35. The van der Waals surface area contributed by atoms with Crippen LogP contribution in [0.4, 0.5) is 17.1 Å². The fraction of sp³-hybridized carbons (Fsp3) is 0.0159. The van der Waals surface area contributed by atoms with Gasteiger partial charge in [0.05, 0.1) is 11.1 Å². The first-order valence-corrected chi connectivity index (χ1v) is 22.4. The van der Waals surface area contributed by atoms with Crippen LogP contribution in [0.2, 0.25) is 0 Å². The summed E-state index contributed by atoms with van der Waals surface area (Å²) >= 11 is 0. The zero-order chi connectivity index (χ0) is 42.9. The summed E-state index contributed by atoms with van der Waals surface area (Å²) in [7, 11) is 0. The Morgan fingerprint density at radius 3 is 1.60 bits per heavy atom. The first-order valence-electron chi connectivity index (χ1n) is 22.4. The van der Waals surface area contributed by atoms with E-state index in [0.717, 1.165) is 39.2 Å². The summed E-state index contributed by atoms with van der Waals surface area (Å²) < 4.78 is 6.31. The van der Waals surface area contributed by atoms with Gasteiger partial charge >= 0.3 is 0 Å². The SMILES string of the molecule is c1ccc(C2(c3ccccc3)c3ccccc3-c3ccc(N(c4ccc(-c5ccc(-c6ccc7oc8ccc9ccccc9c8c7c6)cc5)cc4)c4cccc5ccccc45)cc32)cc1. The van der Waals surface area contributed by atoms with Crippen LogP contribution in [0.15, 0.2) is 253 Å². The Hall–Kier alpha value is -8.46.